The molecule has 0 saturated heterocycles. The van der Waals surface area contributed by atoms with E-state index in [9.17, 15) is 0 Å². The molecule has 0 amide bonds. The highest BCUT2D eigenvalue weighted by atomic mass is 15.1. The molecule has 0 bridgehead atoms. The van der Waals surface area contributed by atoms with Gasteiger partial charge in [0.25, 0.3) is 0 Å². The molecule has 0 aliphatic rings. The number of aromatic nitrogens is 6. The third-order valence-corrected chi connectivity index (χ3v) is 5.60. The minimum atomic E-state index is -0.128. The summed E-state index contributed by atoms with van der Waals surface area (Å²) in [5, 5.41) is 0. The van der Waals surface area contributed by atoms with E-state index in [-0.39, 0.29) is 10.8 Å². The first kappa shape index (κ1) is 20.4. The highest BCUT2D eigenvalue weighted by Crippen LogP contribution is 2.32. The Morgan fingerprint density at radius 1 is 0.625 bits per heavy atom. The van der Waals surface area contributed by atoms with Crippen molar-refractivity contribution in [2.75, 3.05) is 0 Å². The predicted molar refractivity (Wildman–Crippen MR) is 129 cm³/mol. The van der Waals surface area contributed by atoms with Crippen LogP contribution in [0.2, 0.25) is 0 Å². The summed E-state index contributed by atoms with van der Waals surface area (Å²) in [5.74, 6) is 2.01. The monoisotopic (exact) mass is 424 g/mol. The fourth-order valence-electron chi connectivity index (χ4n) is 4.15. The van der Waals surface area contributed by atoms with Gasteiger partial charge in [0, 0.05) is 34.6 Å². The summed E-state index contributed by atoms with van der Waals surface area (Å²) in [7, 11) is 0. The molecule has 5 aromatic rings. The quantitative estimate of drug-likeness (QED) is 0.362. The van der Waals surface area contributed by atoms with E-state index >= 15 is 0 Å². The third-order valence-electron chi connectivity index (χ3n) is 5.60. The maximum Gasteiger partial charge on any atom is 0.119 e. The van der Waals surface area contributed by atoms with Gasteiger partial charge in [-0.05, 0) is 30.3 Å². The van der Waals surface area contributed by atoms with Crippen LogP contribution >= 0.6 is 0 Å². The van der Waals surface area contributed by atoms with E-state index in [1.54, 1.807) is 12.4 Å². The molecule has 5 rings (SSSR count). The molecular formula is C26H28N6. The van der Waals surface area contributed by atoms with Crippen molar-refractivity contribution in [2.45, 2.75) is 52.4 Å². The van der Waals surface area contributed by atoms with Crippen LogP contribution in [0.5, 0.6) is 0 Å². The van der Waals surface area contributed by atoms with Crippen molar-refractivity contribution < 1.29 is 0 Å². The fraction of sp³-hybridized carbons (Fsp3) is 0.308. The van der Waals surface area contributed by atoms with Gasteiger partial charge in [0.05, 0.1) is 34.5 Å². The lowest BCUT2D eigenvalue weighted by Crippen LogP contribution is -2.19. The standard InChI is InChI=1S/C26H28N6/c1-25(2,3)23-29-19-10-12-27-15-21(19)31(23)17-8-7-9-18(14-17)32-22-16-28-13-11-20(22)30-24(32)26(4,5)6/h7-16H,1-6H3. The largest absolute Gasteiger partial charge is 0.294 e. The molecule has 1 aromatic carbocycles. The van der Waals surface area contributed by atoms with Crippen LogP contribution in [-0.4, -0.2) is 29.1 Å². The molecule has 162 valence electrons. The Hall–Kier alpha value is -3.54. The molecule has 4 aromatic heterocycles. The minimum Gasteiger partial charge on any atom is -0.294 e. The second-order valence-corrected chi connectivity index (χ2v) is 10.3. The maximum absolute atomic E-state index is 4.95. The van der Waals surface area contributed by atoms with Crippen molar-refractivity contribution in [1.82, 2.24) is 29.1 Å². The van der Waals surface area contributed by atoms with Crippen LogP contribution in [0.3, 0.4) is 0 Å². The molecule has 0 N–H and O–H groups in total. The summed E-state index contributed by atoms with van der Waals surface area (Å²) >= 11 is 0. The summed E-state index contributed by atoms with van der Waals surface area (Å²) in [4.78, 5) is 18.6. The van der Waals surface area contributed by atoms with Gasteiger partial charge >= 0.3 is 0 Å². The Morgan fingerprint density at radius 3 is 1.47 bits per heavy atom. The zero-order valence-electron chi connectivity index (χ0n) is 19.5. The molecule has 0 aliphatic heterocycles. The first-order valence-corrected chi connectivity index (χ1v) is 10.9. The third kappa shape index (κ3) is 3.27. The molecule has 6 heteroatoms. The van der Waals surface area contributed by atoms with Crippen LogP contribution in [-0.2, 0) is 10.8 Å². The van der Waals surface area contributed by atoms with Gasteiger partial charge in [0.1, 0.15) is 11.6 Å². The maximum atomic E-state index is 4.95. The molecule has 0 unspecified atom stereocenters. The average Bonchev–Trinajstić information content (AvgIpc) is 3.33. The van der Waals surface area contributed by atoms with Crippen molar-refractivity contribution in [3.63, 3.8) is 0 Å². The zero-order valence-corrected chi connectivity index (χ0v) is 19.5. The van der Waals surface area contributed by atoms with E-state index in [1.165, 1.54) is 0 Å². The van der Waals surface area contributed by atoms with Gasteiger partial charge in [-0.1, -0.05) is 47.6 Å². The Morgan fingerprint density at radius 2 is 1.06 bits per heavy atom. The first-order valence-electron chi connectivity index (χ1n) is 10.9. The zero-order chi connectivity index (χ0) is 22.7. The van der Waals surface area contributed by atoms with Gasteiger partial charge in [-0.3, -0.25) is 19.1 Å². The normalized spacial score (nSPS) is 12.7. The summed E-state index contributed by atoms with van der Waals surface area (Å²) in [6, 6.07) is 12.5. The number of benzene rings is 1. The lowest BCUT2D eigenvalue weighted by atomic mass is 9.95. The van der Waals surface area contributed by atoms with Gasteiger partial charge in [-0.2, -0.15) is 0 Å². The molecule has 32 heavy (non-hydrogen) atoms. The summed E-state index contributed by atoms with van der Waals surface area (Å²) in [6.07, 6.45) is 7.37. The predicted octanol–water partition coefficient (Wildman–Crippen LogP) is 5.75. The van der Waals surface area contributed by atoms with Crippen LogP contribution in [0.25, 0.3) is 33.4 Å². The SMILES string of the molecule is CC(C)(C)c1nc2ccncc2n1-c1cccc(-n2c(C(C)(C)C)nc3ccncc32)c1. The Bertz CT molecular complexity index is 1340. The molecule has 0 atom stereocenters. The molecule has 0 radical (unpaired) electrons. The van der Waals surface area contributed by atoms with Crippen LogP contribution in [0.1, 0.15) is 53.2 Å². The Kier molecular flexibility index (Phi) is 4.45. The Labute approximate surface area is 188 Å². The number of hydrogen-bond donors (Lipinski definition) is 0. The van der Waals surface area contributed by atoms with E-state index in [2.05, 4.69) is 84.9 Å². The van der Waals surface area contributed by atoms with Gasteiger partial charge in [0.15, 0.2) is 0 Å². The second-order valence-electron chi connectivity index (χ2n) is 10.3. The van der Waals surface area contributed by atoms with E-state index in [1.807, 2.05) is 24.5 Å². The van der Waals surface area contributed by atoms with Crippen LogP contribution in [0, 0.1) is 0 Å². The lowest BCUT2D eigenvalue weighted by molar-refractivity contribution is 0.537. The fourth-order valence-corrected chi connectivity index (χ4v) is 4.15. The summed E-state index contributed by atoms with van der Waals surface area (Å²) < 4.78 is 4.44. The van der Waals surface area contributed by atoms with Gasteiger partial charge < -0.3 is 0 Å². The van der Waals surface area contributed by atoms with Gasteiger partial charge in [-0.25, -0.2) is 9.97 Å². The Balaban J connectivity index is 1.79. The average molecular weight is 425 g/mol. The number of pyridine rings is 2. The lowest BCUT2D eigenvalue weighted by Gasteiger charge is -2.22. The molecule has 0 fully saturated rings. The topological polar surface area (TPSA) is 61.4 Å². The smallest absolute Gasteiger partial charge is 0.119 e. The highest BCUT2D eigenvalue weighted by Gasteiger charge is 2.26. The molecule has 0 aliphatic carbocycles. The van der Waals surface area contributed by atoms with Crippen molar-refractivity contribution in [1.29, 1.82) is 0 Å². The van der Waals surface area contributed by atoms with Gasteiger partial charge in [-0.15, -0.1) is 0 Å². The van der Waals surface area contributed by atoms with Crippen molar-refractivity contribution >= 4 is 22.1 Å². The molecule has 6 nitrogen and oxygen atoms in total. The van der Waals surface area contributed by atoms with Gasteiger partial charge in [0.2, 0.25) is 0 Å². The number of rotatable bonds is 2. The van der Waals surface area contributed by atoms with E-state index < -0.39 is 0 Å². The minimum absolute atomic E-state index is 0.128. The highest BCUT2D eigenvalue weighted by molar-refractivity contribution is 5.79. The molecule has 4 heterocycles. The number of imidazole rings is 2. The molecule has 0 saturated carbocycles. The summed E-state index contributed by atoms with van der Waals surface area (Å²) in [6.45, 7) is 13.1. The van der Waals surface area contributed by atoms with Crippen molar-refractivity contribution in [3.05, 3.63) is 72.8 Å². The first-order chi connectivity index (χ1) is 15.1. The summed E-state index contributed by atoms with van der Waals surface area (Å²) in [5.41, 5.74) is 5.74. The van der Waals surface area contributed by atoms with Crippen molar-refractivity contribution in [3.8, 4) is 11.4 Å². The molecule has 0 spiro atoms. The number of fused-ring (bicyclic) bond motifs is 2. The second kappa shape index (κ2) is 6.99. The van der Waals surface area contributed by atoms with Crippen LogP contribution in [0.15, 0.2) is 61.2 Å². The van der Waals surface area contributed by atoms with Crippen LogP contribution < -0.4 is 0 Å². The van der Waals surface area contributed by atoms with Crippen molar-refractivity contribution in [2.24, 2.45) is 0 Å². The van der Waals surface area contributed by atoms with E-state index in [0.717, 1.165) is 45.1 Å². The number of nitrogens with zero attached hydrogens (tertiary/aromatic N) is 6. The van der Waals surface area contributed by atoms with E-state index in [0.29, 0.717) is 0 Å². The van der Waals surface area contributed by atoms with E-state index in [4.69, 9.17) is 9.97 Å². The number of hydrogen-bond acceptors (Lipinski definition) is 4. The van der Waals surface area contributed by atoms with Crippen LogP contribution in [0.4, 0.5) is 0 Å². The molecular weight excluding hydrogens is 396 g/mol.